The van der Waals surface area contributed by atoms with Gasteiger partial charge in [0, 0.05) is 25.2 Å². The number of benzene rings is 2. The smallest absolute Gasteiger partial charge is 0.335 e. The Morgan fingerprint density at radius 1 is 1.14 bits per heavy atom. The summed E-state index contributed by atoms with van der Waals surface area (Å²) in [5.41, 5.74) is 1.86. The second kappa shape index (κ2) is 9.56. The molecular weight excluding hydrogens is 370 g/mol. The molecule has 6 heteroatoms. The summed E-state index contributed by atoms with van der Waals surface area (Å²) in [6.45, 7) is 4.41. The molecule has 0 aliphatic carbocycles. The molecule has 0 saturated carbocycles. The van der Waals surface area contributed by atoms with E-state index in [1.54, 1.807) is 18.2 Å². The average Bonchev–Trinajstić information content (AvgIpc) is 2.74. The largest absolute Gasteiger partial charge is 0.494 e. The number of carbonyl (C=O) groups excluding carboxylic acids is 1. The summed E-state index contributed by atoms with van der Waals surface area (Å²) in [5, 5.41) is 12.2. The number of carboxylic acid groups (broad SMARTS) is 1. The summed E-state index contributed by atoms with van der Waals surface area (Å²) in [7, 11) is 0. The highest BCUT2D eigenvalue weighted by molar-refractivity contribution is 5.88. The van der Waals surface area contributed by atoms with Crippen LogP contribution in [0.3, 0.4) is 0 Å². The highest BCUT2D eigenvalue weighted by Crippen LogP contribution is 2.35. The second-order valence-electron chi connectivity index (χ2n) is 7.31. The molecule has 0 spiro atoms. The van der Waals surface area contributed by atoms with Crippen LogP contribution in [0.15, 0.2) is 48.5 Å². The average molecular weight is 397 g/mol. The van der Waals surface area contributed by atoms with Gasteiger partial charge in [-0.3, -0.25) is 4.79 Å². The standard InChI is InChI=1S/C23H27NO5/c1-2-29-20-8-6-19(7-9-20)23(10-12-28-13-11-23)16-24-21(25)15-17-4-3-5-18(14-17)22(26)27/h3-9,14H,2,10-13,15-16H2,1H3,(H,24,25)(H,26,27). The summed E-state index contributed by atoms with van der Waals surface area (Å²) in [6, 6.07) is 14.6. The van der Waals surface area contributed by atoms with Crippen molar-refractivity contribution in [2.45, 2.75) is 31.6 Å². The zero-order chi connectivity index (χ0) is 20.7. The molecule has 0 bridgehead atoms. The van der Waals surface area contributed by atoms with Crippen LogP contribution in [0.1, 0.15) is 41.3 Å². The molecule has 1 heterocycles. The predicted octanol–water partition coefficient (Wildman–Crippen LogP) is 3.19. The van der Waals surface area contributed by atoms with Crippen LogP contribution < -0.4 is 10.1 Å². The number of rotatable bonds is 8. The van der Waals surface area contributed by atoms with Crippen LogP contribution in [-0.2, 0) is 21.4 Å². The number of nitrogens with one attached hydrogen (secondary N) is 1. The van der Waals surface area contributed by atoms with Crippen LogP contribution >= 0.6 is 0 Å². The lowest BCUT2D eigenvalue weighted by molar-refractivity contribution is -0.121. The lowest BCUT2D eigenvalue weighted by Gasteiger charge is -2.38. The number of amides is 1. The maximum absolute atomic E-state index is 12.5. The van der Waals surface area contributed by atoms with Gasteiger partial charge in [0.05, 0.1) is 18.6 Å². The number of carbonyl (C=O) groups is 2. The van der Waals surface area contributed by atoms with Gasteiger partial charge in [-0.2, -0.15) is 0 Å². The minimum atomic E-state index is -0.996. The normalized spacial score (nSPS) is 15.5. The van der Waals surface area contributed by atoms with Crippen LogP contribution in [0.25, 0.3) is 0 Å². The van der Waals surface area contributed by atoms with Gasteiger partial charge in [0.1, 0.15) is 5.75 Å². The Morgan fingerprint density at radius 2 is 1.86 bits per heavy atom. The summed E-state index contributed by atoms with van der Waals surface area (Å²) < 4.78 is 11.1. The number of aromatic carboxylic acids is 1. The van der Waals surface area contributed by atoms with Crippen molar-refractivity contribution in [3.05, 3.63) is 65.2 Å². The lowest BCUT2D eigenvalue weighted by Crippen LogP contribution is -2.45. The van der Waals surface area contributed by atoms with Crippen molar-refractivity contribution in [1.29, 1.82) is 0 Å². The quantitative estimate of drug-likeness (QED) is 0.715. The van der Waals surface area contributed by atoms with Gasteiger partial charge in [-0.1, -0.05) is 24.3 Å². The van der Waals surface area contributed by atoms with Crippen LogP contribution in [0.2, 0.25) is 0 Å². The fourth-order valence-corrected chi connectivity index (χ4v) is 3.73. The summed E-state index contributed by atoms with van der Waals surface area (Å²) in [5.74, 6) is -0.283. The Kier molecular flexibility index (Phi) is 6.88. The van der Waals surface area contributed by atoms with E-state index in [0.29, 0.717) is 31.9 Å². The Hall–Kier alpha value is -2.86. The van der Waals surface area contributed by atoms with Crippen molar-refractivity contribution in [2.24, 2.45) is 0 Å². The molecule has 3 rings (SSSR count). The van der Waals surface area contributed by atoms with Crippen LogP contribution in [0.4, 0.5) is 0 Å². The first-order valence-electron chi connectivity index (χ1n) is 9.92. The van der Waals surface area contributed by atoms with E-state index < -0.39 is 5.97 Å². The van der Waals surface area contributed by atoms with Gasteiger partial charge in [-0.25, -0.2) is 4.79 Å². The number of ether oxygens (including phenoxy) is 2. The molecule has 0 radical (unpaired) electrons. The molecule has 2 aromatic carbocycles. The van der Waals surface area contributed by atoms with Gasteiger partial charge in [0.25, 0.3) is 0 Å². The van der Waals surface area contributed by atoms with Crippen LogP contribution in [0.5, 0.6) is 5.75 Å². The highest BCUT2D eigenvalue weighted by atomic mass is 16.5. The number of carboxylic acids is 1. The minimum Gasteiger partial charge on any atom is -0.494 e. The first kappa shape index (κ1) is 20.9. The van der Waals surface area contributed by atoms with Crippen molar-refractivity contribution >= 4 is 11.9 Å². The third kappa shape index (κ3) is 5.35. The minimum absolute atomic E-state index is 0.121. The Labute approximate surface area is 170 Å². The van der Waals surface area contributed by atoms with Crippen molar-refractivity contribution in [3.8, 4) is 5.75 Å². The van der Waals surface area contributed by atoms with Gasteiger partial charge in [-0.05, 0) is 55.2 Å². The summed E-state index contributed by atoms with van der Waals surface area (Å²) >= 11 is 0. The lowest BCUT2D eigenvalue weighted by atomic mass is 9.74. The molecule has 6 nitrogen and oxygen atoms in total. The van der Waals surface area contributed by atoms with Crippen molar-refractivity contribution in [1.82, 2.24) is 5.32 Å². The molecule has 2 aromatic rings. The zero-order valence-corrected chi connectivity index (χ0v) is 16.6. The van der Waals surface area contributed by atoms with E-state index in [0.717, 1.165) is 24.2 Å². The molecule has 1 fully saturated rings. The van der Waals surface area contributed by atoms with E-state index in [9.17, 15) is 9.59 Å². The zero-order valence-electron chi connectivity index (χ0n) is 16.6. The predicted molar refractivity (Wildman–Crippen MR) is 109 cm³/mol. The van der Waals surface area contributed by atoms with E-state index in [1.165, 1.54) is 6.07 Å². The van der Waals surface area contributed by atoms with E-state index in [-0.39, 0.29) is 23.3 Å². The Balaban J connectivity index is 1.68. The summed E-state index contributed by atoms with van der Waals surface area (Å²) in [4.78, 5) is 23.7. The van der Waals surface area contributed by atoms with Crippen molar-refractivity contribution < 1.29 is 24.2 Å². The van der Waals surface area contributed by atoms with E-state index >= 15 is 0 Å². The Bertz CT molecular complexity index is 841. The number of hydrogen-bond donors (Lipinski definition) is 2. The first-order chi connectivity index (χ1) is 14.0. The fourth-order valence-electron chi connectivity index (χ4n) is 3.73. The van der Waals surface area contributed by atoms with Gasteiger partial charge >= 0.3 is 5.97 Å². The second-order valence-corrected chi connectivity index (χ2v) is 7.31. The topological polar surface area (TPSA) is 84.9 Å². The maximum Gasteiger partial charge on any atom is 0.335 e. The first-order valence-corrected chi connectivity index (χ1v) is 9.92. The van der Waals surface area contributed by atoms with E-state index in [2.05, 4.69) is 17.4 Å². The van der Waals surface area contributed by atoms with E-state index in [1.807, 2.05) is 19.1 Å². The fraction of sp³-hybridized carbons (Fsp3) is 0.391. The van der Waals surface area contributed by atoms with Crippen molar-refractivity contribution in [2.75, 3.05) is 26.4 Å². The van der Waals surface area contributed by atoms with E-state index in [4.69, 9.17) is 14.6 Å². The van der Waals surface area contributed by atoms with Gasteiger partial charge in [-0.15, -0.1) is 0 Å². The third-order valence-electron chi connectivity index (χ3n) is 5.39. The molecule has 0 atom stereocenters. The van der Waals surface area contributed by atoms with Gasteiger partial charge < -0.3 is 19.9 Å². The molecule has 29 heavy (non-hydrogen) atoms. The Morgan fingerprint density at radius 3 is 2.52 bits per heavy atom. The maximum atomic E-state index is 12.5. The molecule has 1 aliphatic rings. The molecule has 1 aliphatic heterocycles. The highest BCUT2D eigenvalue weighted by Gasteiger charge is 2.34. The van der Waals surface area contributed by atoms with Gasteiger partial charge in [0.2, 0.25) is 5.91 Å². The van der Waals surface area contributed by atoms with Crippen molar-refractivity contribution in [3.63, 3.8) is 0 Å². The molecule has 2 N–H and O–H groups in total. The van der Waals surface area contributed by atoms with Crippen LogP contribution in [-0.4, -0.2) is 43.3 Å². The molecule has 0 unspecified atom stereocenters. The molecule has 0 aromatic heterocycles. The summed E-state index contributed by atoms with van der Waals surface area (Å²) in [6.07, 6.45) is 1.81. The monoisotopic (exact) mass is 397 g/mol. The molecule has 1 amide bonds. The molecule has 154 valence electrons. The molecular formula is C23H27NO5. The third-order valence-corrected chi connectivity index (χ3v) is 5.39. The number of hydrogen-bond acceptors (Lipinski definition) is 4. The SMILES string of the molecule is CCOc1ccc(C2(CNC(=O)Cc3cccc(C(=O)O)c3)CCOCC2)cc1. The molecule has 1 saturated heterocycles. The van der Waals surface area contributed by atoms with Gasteiger partial charge in [0.15, 0.2) is 0 Å². The van der Waals surface area contributed by atoms with Crippen LogP contribution in [0, 0.1) is 0 Å².